The number of rotatable bonds is 4. The Kier molecular flexibility index (Phi) is 4.68. The molecule has 0 aliphatic heterocycles. The van der Waals surface area contributed by atoms with Crippen molar-refractivity contribution in [1.29, 1.82) is 5.26 Å². The highest BCUT2D eigenvalue weighted by molar-refractivity contribution is 9.10. The van der Waals surface area contributed by atoms with Gasteiger partial charge in [-0.15, -0.1) is 0 Å². The van der Waals surface area contributed by atoms with E-state index >= 15 is 0 Å². The lowest BCUT2D eigenvalue weighted by molar-refractivity contribution is -0.138. The number of nitrogens with one attached hydrogen (secondary N) is 1. The molecule has 0 unspecified atom stereocenters. The second-order valence-corrected chi connectivity index (χ2v) is 6.14. The van der Waals surface area contributed by atoms with Crippen molar-refractivity contribution in [1.82, 2.24) is 0 Å². The van der Waals surface area contributed by atoms with Gasteiger partial charge in [0.05, 0.1) is 12.3 Å². The van der Waals surface area contributed by atoms with Crippen molar-refractivity contribution in [3.8, 4) is 17.2 Å². The lowest BCUT2D eigenvalue weighted by Gasteiger charge is -2.08. The van der Waals surface area contributed by atoms with Crippen LogP contribution in [0.3, 0.4) is 0 Å². The van der Waals surface area contributed by atoms with Crippen LogP contribution in [0.15, 0.2) is 52.6 Å². The van der Waals surface area contributed by atoms with Crippen LogP contribution in [-0.2, 0) is 9.53 Å². The zero-order chi connectivity index (χ0) is 18.0. The molecule has 0 heterocycles. The molecule has 0 bridgehead atoms. The van der Waals surface area contributed by atoms with Gasteiger partial charge in [-0.25, -0.2) is 4.79 Å². The van der Waals surface area contributed by atoms with E-state index in [1.165, 1.54) is 6.20 Å². The second kappa shape index (κ2) is 6.91. The number of fused-ring (bicyclic) bond motifs is 3. The maximum absolute atomic E-state index is 12.6. The summed E-state index contributed by atoms with van der Waals surface area (Å²) < 4.78 is 5.53. The van der Waals surface area contributed by atoms with Crippen LogP contribution in [0, 0.1) is 11.3 Å². The molecule has 124 valence electrons. The van der Waals surface area contributed by atoms with Crippen molar-refractivity contribution in [3.63, 3.8) is 0 Å². The average molecular weight is 397 g/mol. The minimum Gasteiger partial charge on any atom is -0.462 e. The molecule has 0 radical (unpaired) electrons. The van der Waals surface area contributed by atoms with Gasteiger partial charge in [-0.3, -0.25) is 4.79 Å². The fourth-order valence-corrected chi connectivity index (χ4v) is 3.11. The first kappa shape index (κ1) is 16.9. The third kappa shape index (κ3) is 3.06. The van der Waals surface area contributed by atoms with Crippen LogP contribution in [-0.4, -0.2) is 18.4 Å². The second-order valence-electron chi connectivity index (χ2n) is 5.29. The first-order valence-corrected chi connectivity index (χ1v) is 8.37. The zero-order valence-electron chi connectivity index (χ0n) is 13.3. The summed E-state index contributed by atoms with van der Waals surface area (Å²) in [6.07, 6.45) is 1.27. The van der Waals surface area contributed by atoms with E-state index in [9.17, 15) is 9.59 Å². The van der Waals surface area contributed by atoms with E-state index in [1.54, 1.807) is 25.1 Å². The number of carbonyl (C=O) groups excluding carboxylic acids is 2. The fraction of sp³-hybridized carbons (Fsp3) is 0.105. The third-order valence-electron chi connectivity index (χ3n) is 3.80. The summed E-state index contributed by atoms with van der Waals surface area (Å²) in [5, 5.41) is 12.0. The van der Waals surface area contributed by atoms with E-state index in [0.29, 0.717) is 21.3 Å². The van der Waals surface area contributed by atoms with Gasteiger partial charge in [-0.05, 0) is 46.1 Å². The fourth-order valence-electron chi connectivity index (χ4n) is 2.65. The van der Waals surface area contributed by atoms with Crippen LogP contribution >= 0.6 is 15.9 Å². The zero-order valence-corrected chi connectivity index (χ0v) is 14.9. The number of carbonyl (C=O) groups is 2. The molecule has 1 N–H and O–H groups in total. The average Bonchev–Trinajstić information content (AvgIpc) is 2.88. The molecule has 0 spiro atoms. The third-order valence-corrected chi connectivity index (χ3v) is 4.46. The van der Waals surface area contributed by atoms with Gasteiger partial charge >= 0.3 is 5.97 Å². The standard InChI is InChI=1S/C19H13BrN2O3/c1-2-25-19(24)11(9-21)10-22-17-8-15-14(7-16(17)20)12-5-3-4-6-13(12)18(15)23/h3-8,10,22H,2H2,1H3. The van der Waals surface area contributed by atoms with Gasteiger partial charge in [0.25, 0.3) is 0 Å². The molecule has 3 rings (SSSR count). The number of esters is 1. The Labute approximate surface area is 153 Å². The van der Waals surface area contributed by atoms with Crippen molar-refractivity contribution in [2.75, 3.05) is 11.9 Å². The van der Waals surface area contributed by atoms with Crippen molar-refractivity contribution < 1.29 is 14.3 Å². The minimum atomic E-state index is -0.696. The molecule has 2 aromatic carbocycles. The van der Waals surface area contributed by atoms with Crippen LogP contribution in [0.25, 0.3) is 11.1 Å². The van der Waals surface area contributed by atoms with Gasteiger partial charge in [0.1, 0.15) is 6.07 Å². The Bertz CT molecular complexity index is 958. The molecular weight excluding hydrogens is 384 g/mol. The van der Waals surface area contributed by atoms with Crippen molar-refractivity contribution in [2.24, 2.45) is 0 Å². The monoisotopic (exact) mass is 396 g/mol. The van der Waals surface area contributed by atoms with Crippen molar-refractivity contribution >= 4 is 33.4 Å². The maximum atomic E-state index is 12.6. The minimum absolute atomic E-state index is 0.0453. The quantitative estimate of drug-likeness (QED) is 0.408. The Morgan fingerprint density at radius 1 is 1.24 bits per heavy atom. The highest BCUT2D eigenvalue weighted by atomic mass is 79.9. The molecule has 6 heteroatoms. The molecule has 2 aromatic rings. The first-order valence-electron chi connectivity index (χ1n) is 7.58. The van der Waals surface area contributed by atoms with Gasteiger partial charge < -0.3 is 10.1 Å². The number of ether oxygens (including phenoxy) is 1. The summed E-state index contributed by atoms with van der Waals surface area (Å²) in [7, 11) is 0. The summed E-state index contributed by atoms with van der Waals surface area (Å²) in [5.41, 5.74) is 3.43. The van der Waals surface area contributed by atoms with Gasteiger partial charge in [-0.1, -0.05) is 24.3 Å². The number of ketones is 1. The summed E-state index contributed by atoms with van der Waals surface area (Å²) in [6.45, 7) is 1.86. The van der Waals surface area contributed by atoms with E-state index in [4.69, 9.17) is 10.00 Å². The number of benzene rings is 2. The SMILES string of the molecule is CCOC(=O)C(C#N)=CNc1cc2c(cc1Br)-c1ccccc1C2=O. The molecule has 0 saturated carbocycles. The number of nitrogens with zero attached hydrogens (tertiary/aromatic N) is 1. The van der Waals surface area contributed by atoms with Gasteiger partial charge in [0.2, 0.25) is 0 Å². The maximum Gasteiger partial charge on any atom is 0.350 e. The van der Waals surface area contributed by atoms with E-state index < -0.39 is 5.97 Å². The first-order chi connectivity index (χ1) is 12.1. The van der Waals surface area contributed by atoms with E-state index in [0.717, 1.165) is 11.1 Å². The molecule has 25 heavy (non-hydrogen) atoms. The molecular formula is C19H13BrN2O3. The molecule has 0 fully saturated rings. The Balaban J connectivity index is 1.95. The van der Waals surface area contributed by atoms with Crippen LogP contribution in [0.1, 0.15) is 22.8 Å². The number of hydrogen-bond acceptors (Lipinski definition) is 5. The molecule has 0 saturated heterocycles. The largest absolute Gasteiger partial charge is 0.462 e. The molecule has 0 aromatic heterocycles. The Hall–Kier alpha value is -2.91. The smallest absolute Gasteiger partial charge is 0.350 e. The molecule has 0 amide bonds. The predicted octanol–water partition coefficient (Wildman–Crippen LogP) is 4.04. The van der Waals surface area contributed by atoms with Gasteiger partial charge in [-0.2, -0.15) is 5.26 Å². The lowest BCUT2D eigenvalue weighted by Crippen LogP contribution is -2.08. The Morgan fingerprint density at radius 3 is 2.64 bits per heavy atom. The highest BCUT2D eigenvalue weighted by Gasteiger charge is 2.27. The van der Waals surface area contributed by atoms with Crippen LogP contribution in [0.4, 0.5) is 5.69 Å². The number of anilines is 1. The summed E-state index contributed by atoms with van der Waals surface area (Å²) in [5.74, 6) is -0.741. The topological polar surface area (TPSA) is 79.2 Å². The van der Waals surface area contributed by atoms with Gasteiger partial charge in [0.15, 0.2) is 11.4 Å². The summed E-state index contributed by atoms with van der Waals surface area (Å²) in [4.78, 5) is 24.2. The van der Waals surface area contributed by atoms with Crippen molar-refractivity contribution in [2.45, 2.75) is 6.92 Å². The van der Waals surface area contributed by atoms with E-state index in [2.05, 4.69) is 21.2 Å². The van der Waals surface area contributed by atoms with Crippen LogP contribution in [0.2, 0.25) is 0 Å². The lowest BCUT2D eigenvalue weighted by atomic mass is 10.1. The highest BCUT2D eigenvalue weighted by Crippen LogP contribution is 2.40. The Morgan fingerprint density at radius 2 is 1.96 bits per heavy atom. The molecule has 0 atom stereocenters. The number of halogens is 1. The van der Waals surface area contributed by atoms with Crippen LogP contribution in [0.5, 0.6) is 0 Å². The van der Waals surface area contributed by atoms with Crippen LogP contribution < -0.4 is 5.32 Å². The number of hydrogen-bond donors (Lipinski definition) is 1. The van der Waals surface area contributed by atoms with E-state index in [-0.39, 0.29) is 18.0 Å². The normalized spacial score (nSPS) is 12.2. The summed E-state index contributed by atoms with van der Waals surface area (Å²) in [6, 6.07) is 12.8. The number of nitriles is 1. The molecule has 1 aliphatic carbocycles. The summed E-state index contributed by atoms with van der Waals surface area (Å²) >= 11 is 3.46. The van der Waals surface area contributed by atoms with Gasteiger partial charge in [0, 0.05) is 21.8 Å². The van der Waals surface area contributed by atoms with E-state index in [1.807, 2.05) is 24.3 Å². The van der Waals surface area contributed by atoms with Crippen molar-refractivity contribution in [3.05, 3.63) is 63.8 Å². The molecule has 1 aliphatic rings. The predicted molar refractivity (Wildman–Crippen MR) is 97.0 cm³/mol. The molecule has 5 nitrogen and oxygen atoms in total.